The number of ether oxygens (including phenoxy) is 1. The lowest BCUT2D eigenvalue weighted by Gasteiger charge is -2.08. The summed E-state index contributed by atoms with van der Waals surface area (Å²) in [6.45, 7) is 0.603. The standard InChI is InChI=1S/C19H20N4O3/c24-18(22-16-8-9-17-15(11-16)12-21-23-17)7-4-10-20-19(25)26-13-14-5-2-1-3-6-14/h1-3,5-6,8-9,11-12H,4,7,10,13H2,(H,20,25)(H,21,23)(H,22,24). The topological polar surface area (TPSA) is 96.1 Å². The van der Waals surface area contributed by atoms with E-state index in [1.54, 1.807) is 6.20 Å². The van der Waals surface area contributed by atoms with Crippen molar-refractivity contribution < 1.29 is 14.3 Å². The first-order chi connectivity index (χ1) is 12.7. The van der Waals surface area contributed by atoms with E-state index in [4.69, 9.17) is 4.74 Å². The number of carbonyl (C=O) groups is 2. The summed E-state index contributed by atoms with van der Waals surface area (Å²) in [6.07, 6.45) is 2.05. The number of alkyl carbamates (subject to hydrolysis) is 1. The molecule has 2 aromatic carbocycles. The SMILES string of the molecule is O=C(CCCNC(=O)OCc1ccccc1)Nc1ccc2[nH]ncc2c1. The Morgan fingerprint density at radius 2 is 1.96 bits per heavy atom. The van der Waals surface area contributed by atoms with Crippen molar-refractivity contribution in [3.05, 3.63) is 60.3 Å². The average Bonchev–Trinajstić information content (AvgIpc) is 3.12. The third kappa shape index (κ3) is 5.07. The van der Waals surface area contributed by atoms with Gasteiger partial charge in [0.25, 0.3) is 0 Å². The predicted molar refractivity (Wildman–Crippen MR) is 98.6 cm³/mol. The number of H-pyrrole nitrogens is 1. The van der Waals surface area contributed by atoms with Gasteiger partial charge in [0.15, 0.2) is 0 Å². The van der Waals surface area contributed by atoms with Crippen LogP contribution in [-0.4, -0.2) is 28.7 Å². The van der Waals surface area contributed by atoms with E-state index in [2.05, 4.69) is 20.8 Å². The number of aromatic nitrogens is 2. The molecule has 1 heterocycles. The second-order valence-corrected chi connectivity index (χ2v) is 5.81. The van der Waals surface area contributed by atoms with Crippen LogP contribution in [0.15, 0.2) is 54.7 Å². The number of rotatable bonds is 7. The molecule has 0 aliphatic carbocycles. The number of anilines is 1. The summed E-state index contributed by atoms with van der Waals surface area (Å²) in [4.78, 5) is 23.6. The van der Waals surface area contributed by atoms with Crippen LogP contribution in [0.5, 0.6) is 0 Å². The third-order valence-corrected chi connectivity index (χ3v) is 3.79. The van der Waals surface area contributed by atoms with Crippen LogP contribution in [0.1, 0.15) is 18.4 Å². The van der Waals surface area contributed by atoms with E-state index in [1.165, 1.54) is 0 Å². The molecule has 3 rings (SSSR count). The molecule has 0 fully saturated rings. The molecule has 1 aromatic heterocycles. The molecule has 2 amide bonds. The summed E-state index contributed by atoms with van der Waals surface area (Å²) in [5.74, 6) is -0.104. The van der Waals surface area contributed by atoms with Crippen LogP contribution >= 0.6 is 0 Å². The minimum Gasteiger partial charge on any atom is -0.445 e. The second kappa shape index (κ2) is 8.66. The van der Waals surface area contributed by atoms with Crippen molar-refractivity contribution in [1.82, 2.24) is 15.5 Å². The van der Waals surface area contributed by atoms with Gasteiger partial charge in [0.2, 0.25) is 5.91 Å². The molecule has 3 N–H and O–H groups in total. The van der Waals surface area contributed by atoms with Crippen LogP contribution in [0.3, 0.4) is 0 Å². The van der Waals surface area contributed by atoms with E-state index in [-0.39, 0.29) is 12.5 Å². The number of hydrogen-bond donors (Lipinski definition) is 3. The van der Waals surface area contributed by atoms with Gasteiger partial charge in [-0.05, 0) is 30.2 Å². The van der Waals surface area contributed by atoms with Crippen molar-refractivity contribution in [3.63, 3.8) is 0 Å². The van der Waals surface area contributed by atoms with Crippen molar-refractivity contribution in [3.8, 4) is 0 Å². The van der Waals surface area contributed by atoms with Gasteiger partial charge >= 0.3 is 6.09 Å². The highest BCUT2D eigenvalue weighted by Gasteiger charge is 2.06. The fourth-order valence-electron chi connectivity index (χ4n) is 2.46. The van der Waals surface area contributed by atoms with Gasteiger partial charge in [-0.15, -0.1) is 0 Å². The predicted octanol–water partition coefficient (Wildman–Crippen LogP) is 3.21. The second-order valence-electron chi connectivity index (χ2n) is 5.81. The molecule has 0 spiro atoms. The smallest absolute Gasteiger partial charge is 0.407 e. The van der Waals surface area contributed by atoms with Gasteiger partial charge in [-0.25, -0.2) is 4.79 Å². The summed E-state index contributed by atoms with van der Waals surface area (Å²) in [7, 11) is 0. The molecule has 0 unspecified atom stereocenters. The maximum Gasteiger partial charge on any atom is 0.407 e. The number of nitrogens with zero attached hydrogens (tertiary/aromatic N) is 1. The lowest BCUT2D eigenvalue weighted by Crippen LogP contribution is -2.26. The number of fused-ring (bicyclic) bond motifs is 1. The Balaban J connectivity index is 1.32. The number of hydrogen-bond acceptors (Lipinski definition) is 4. The first-order valence-corrected chi connectivity index (χ1v) is 8.38. The van der Waals surface area contributed by atoms with E-state index in [0.29, 0.717) is 19.4 Å². The molecule has 7 nitrogen and oxygen atoms in total. The van der Waals surface area contributed by atoms with Crippen LogP contribution in [-0.2, 0) is 16.1 Å². The normalized spacial score (nSPS) is 10.5. The van der Waals surface area contributed by atoms with E-state index in [1.807, 2.05) is 48.5 Å². The number of nitrogens with one attached hydrogen (secondary N) is 3. The molecule has 7 heteroatoms. The van der Waals surface area contributed by atoms with Crippen LogP contribution in [0.2, 0.25) is 0 Å². The molecule has 0 aliphatic heterocycles. The summed E-state index contributed by atoms with van der Waals surface area (Å²) < 4.78 is 5.10. The molecule has 134 valence electrons. The average molecular weight is 352 g/mol. The van der Waals surface area contributed by atoms with Gasteiger partial charge in [0, 0.05) is 24.0 Å². The quantitative estimate of drug-likeness (QED) is 0.569. The van der Waals surface area contributed by atoms with Crippen molar-refractivity contribution in [2.45, 2.75) is 19.4 Å². The lowest BCUT2D eigenvalue weighted by atomic mass is 10.2. The Labute approximate surface area is 150 Å². The molecular weight excluding hydrogens is 332 g/mol. The highest BCUT2D eigenvalue weighted by molar-refractivity contribution is 5.93. The van der Waals surface area contributed by atoms with Gasteiger partial charge in [-0.1, -0.05) is 30.3 Å². The highest BCUT2D eigenvalue weighted by Crippen LogP contribution is 2.16. The molecule has 0 bridgehead atoms. The van der Waals surface area contributed by atoms with Crippen molar-refractivity contribution >= 4 is 28.6 Å². The van der Waals surface area contributed by atoms with Crippen LogP contribution in [0.4, 0.5) is 10.5 Å². The largest absolute Gasteiger partial charge is 0.445 e. The summed E-state index contributed by atoms with van der Waals surface area (Å²) >= 11 is 0. The highest BCUT2D eigenvalue weighted by atomic mass is 16.5. The van der Waals surface area contributed by atoms with Crippen LogP contribution in [0.25, 0.3) is 10.9 Å². The van der Waals surface area contributed by atoms with E-state index < -0.39 is 6.09 Å². The zero-order chi connectivity index (χ0) is 18.2. The zero-order valence-electron chi connectivity index (χ0n) is 14.2. The van der Waals surface area contributed by atoms with E-state index >= 15 is 0 Å². The molecule has 0 saturated heterocycles. The number of amides is 2. The Morgan fingerprint density at radius 3 is 2.81 bits per heavy atom. The van der Waals surface area contributed by atoms with Gasteiger partial charge in [-0.3, -0.25) is 9.89 Å². The Morgan fingerprint density at radius 1 is 1.12 bits per heavy atom. The molecule has 0 atom stereocenters. The Bertz CT molecular complexity index is 877. The van der Waals surface area contributed by atoms with Crippen LogP contribution < -0.4 is 10.6 Å². The van der Waals surface area contributed by atoms with Gasteiger partial charge in [-0.2, -0.15) is 5.10 Å². The van der Waals surface area contributed by atoms with E-state index in [9.17, 15) is 9.59 Å². The number of carbonyl (C=O) groups excluding carboxylic acids is 2. The third-order valence-electron chi connectivity index (χ3n) is 3.79. The number of aromatic amines is 1. The zero-order valence-corrected chi connectivity index (χ0v) is 14.2. The molecular formula is C19H20N4O3. The molecule has 3 aromatic rings. The Hall–Kier alpha value is -3.35. The molecule has 0 radical (unpaired) electrons. The van der Waals surface area contributed by atoms with E-state index in [0.717, 1.165) is 22.2 Å². The minimum absolute atomic E-state index is 0.104. The molecule has 26 heavy (non-hydrogen) atoms. The maximum atomic E-state index is 12.0. The monoisotopic (exact) mass is 352 g/mol. The van der Waals surface area contributed by atoms with Crippen molar-refractivity contribution in [2.24, 2.45) is 0 Å². The van der Waals surface area contributed by atoms with Gasteiger partial charge in [0.05, 0.1) is 11.7 Å². The van der Waals surface area contributed by atoms with Crippen molar-refractivity contribution in [1.29, 1.82) is 0 Å². The lowest BCUT2D eigenvalue weighted by molar-refractivity contribution is -0.116. The van der Waals surface area contributed by atoms with Gasteiger partial charge in [0.1, 0.15) is 6.61 Å². The first-order valence-electron chi connectivity index (χ1n) is 8.38. The van der Waals surface area contributed by atoms with Crippen molar-refractivity contribution in [2.75, 3.05) is 11.9 Å². The Kier molecular flexibility index (Phi) is 5.82. The minimum atomic E-state index is -0.486. The number of benzene rings is 2. The summed E-state index contributed by atoms with van der Waals surface area (Å²) in [6, 6.07) is 15.0. The maximum absolute atomic E-state index is 12.0. The molecule has 0 saturated carbocycles. The fourth-order valence-corrected chi connectivity index (χ4v) is 2.46. The fraction of sp³-hybridized carbons (Fsp3) is 0.211. The molecule has 0 aliphatic rings. The van der Waals surface area contributed by atoms with Crippen LogP contribution in [0, 0.1) is 0 Å². The first kappa shape index (κ1) is 17.5. The van der Waals surface area contributed by atoms with Gasteiger partial charge < -0.3 is 15.4 Å². The summed E-state index contributed by atoms with van der Waals surface area (Å²) in [5, 5.41) is 13.2. The summed E-state index contributed by atoms with van der Waals surface area (Å²) in [5.41, 5.74) is 2.57.